The van der Waals surface area contributed by atoms with Crippen LogP contribution in [0.4, 0.5) is 5.69 Å². The molecular weight excluding hydrogens is 308 g/mol. The van der Waals surface area contributed by atoms with Crippen molar-refractivity contribution in [3.63, 3.8) is 0 Å². The first kappa shape index (κ1) is 14.3. The molecule has 1 amide bonds. The van der Waals surface area contributed by atoms with Gasteiger partial charge in [0.1, 0.15) is 0 Å². The van der Waals surface area contributed by atoms with E-state index in [-0.39, 0.29) is 5.91 Å². The second kappa shape index (κ2) is 5.92. The summed E-state index contributed by atoms with van der Waals surface area (Å²) < 4.78 is 0.920. The van der Waals surface area contributed by atoms with Crippen LogP contribution in [0.2, 0.25) is 0 Å². The number of amides is 1. The molecule has 0 aliphatic carbocycles. The molecule has 1 fully saturated rings. The minimum atomic E-state index is -0.484. The van der Waals surface area contributed by atoms with E-state index >= 15 is 0 Å². The summed E-state index contributed by atoms with van der Waals surface area (Å²) in [5, 5.41) is 9.58. The fourth-order valence-electron chi connectivity index (χ4n) is 2.23. The maximum atomic E-state index is 11.9. The van der Waals surface area contributed by atoms with Gasteiger partial charge < -0.3 is 14.9 Å². The van der Waals surface area contributed by atoms with Gasteiger partial charge in [0, 0.05) is 24.6 Å². The van der Waals surface area contributed by atoms with E-state index in [1.165, 1.54) is 0 Å². The molecule has 19 heavy (non-hydrogen) atoms. The van der Waals surface area contributed by atoms with E-state index in [4.69, 9.17) is 0 Å². The van der Waals surface area contributed by atoms with Crippen LogP contribution >= 0.6 is 15.9 Å². The Hall–Kier alpha value is -1.07. The third-order valence-electron chi connectivity index (χ3n) is 3.47. The van der Waals surface area contributed by atoms with Crippen LogP contribution in [-0.2, 0) is 4.79 Å². The first-order chi connectivity index (χ1) is 8.99. The number of benzene rings is 1. The topological polar surface area (TPSA) is 43.8 Å². The summed E-state index contributed by atoms with van der Waals surface area (Å²) in [5.41, 5.74) is 1.88. The van der Waals surface area contributed by atoms with Gasteiger partial charge in [0.05, 0.1) is 18.3 Å². The monoisotopic (exact) mass is 326 g/mol. The van der Waals surface area contributed by atoms with Gasteiger partial charge in [0.2, 0.25) is 5.91 Å². The Morgan fingerprint density at radius 2 is 2.11 bits per heavy atom. The van der Waals surface area contributed by atoms with Gasteiger partial charge in [-0.3, -0.25) is 4.79 Å². The van der Waals surface area contributed by atoms with Crippen LogP contribution in [0.25, 0.3) is 0 Å². The molecule has 1 aliphatic heterocycles. The zero-order valence-corrected chi connectivity index (χ0v) is 12.9. The van der Waals surface area contributed by atoms with Crippen molar-refractivity contribution in [1.82, 2.24) is 4.90 Å². The van der Waals surface area contributed by atoms with Gasteiger partial charge in [-0.2, -0.15) is 0 Å². The molecule has 0 bridgehead atoms. The highest BCUT2D eigenvalue weighted by molar-refractivity contribution is 9.10. The molecular formula is C14H19BrN2O2. The van der Waals surface area contributed by atoms with Crippen LogP contribution in [0.5, 0.6) is 0 Å². The van der Waals surface area contributed by atoms with Crippen LogP contribution < -0.4 is 4.90 Å². The lowest BCUT2D eigenvalue weighted by molar-refractivity contribution is -0.127. The van der Waals surface area contributed by atoms with E-state index in [9.17, 15) is 9.90 Å². The minimum absolute atomic E-state index is 0.143. The molecule has 0 unspecified atom stereocenters. The van der Waals surface area contributed by atoms with Crippen LogP contribution in [0, 0.1) is 0 Å². The molecule has 1 atom stereocenters. The van der Waals surface area contributed by atoms with Crippen LogP contribution in [0.15, 0.2) is 22.7 Å². The smallest absolute Gasteiger partial charge is 0.241 e. The molecule has 4 nitrogen and oxygen atoms in total. The molecule has 1 N–H and O–H groups in total. The minimum Gasteiger partial charge on any atom is -0.389 e. The number of carbonyl (C=O) groups is 1. The Labute approximate surface area is 122 Å². The summed E-state index contributed by atoms with van der Waals surface area (Å²) in [6, 6.07) is 5.79. The highest BCUT2D eigenvalue weighted by Crippen LogP contribution is 2.30. The van der Waals surface area contributed by atoms with E-state index in [1.54, 1.807) is 11.8 Å². The SMILES string of the molecule is C[C@@H](O)c1ccc(N2CCCN(C)C(=O)C2)c(Br)c1. The number of carbonyl (C=O) groups excluding carboxylic acids is 1. The largest absolute Gasteiger partial charge is 0.389 e. The van der Waals surface area contributed by atoms with E-state index in [1.807, 2.05) is 25.2 Å². The average molecular weight is 327 g/mol. The quantitative estimate of drug-likeness (QED) is 0.905. The number of aliphatic hydroxyl groups is 1. The van der Waals surface area contributed by atoms with Crippen molar-refractivity contribution in [3.05, 3.63) is 28.2 Å². The Kier molecular flexibility index (Phi) is 4.47. The van der Waals surface area contributed by atoms with Crippen LogP contribution in [0.1, 0.15) is 25.0 Å². The van der Waals surface area contributed by atoms with Crippen molar-refractivity contribution in [2.45, 2.75) is 19.4 Å². The molecule has 1 saturated heterocycles. The molecule has 2 rings (SSSR count). The first-order valence-electron chi connectivity index (χ1n) is 6.45. The van der Waals surface area contributed by atoms with Crippen molar-refractivity contribution >= 4 is 27.5 Å². The first-order valence-corrected chi connectivity index (χ1v) is 7.25. The summed E-state index contributed by atoms with van der Waals surface area (Å²) in [6.45, 7) is 3.82. The van der Waals surface area contributed by atoms with Crippen molar-refractivity contribution < 1.29 is 9.90 Å². The van der Waals surface area contributed by atoms with Crippen molar-refractivity contribution in [2.24, 2.45) is 0 Å². The number of hydrogen-bond acceptors (Lipinski definition) is 3. The van der Waals surface area contributed by atoms with Gasteiger partial charge in [-0.25, -0.2) is 0 Å². The van der Waals surface area contributed by atoms with Gasteiger partial charge in [0.25, 0.3) is 0 Å². The highest BCUT2D eigenvalue weighted by atomic mass is 79.9. The molecule has 0 spiro atoms. The number of aliphatic hydroxyl groups excluding tert-OH is 1. The molecule has 0 saturated carbocycles. The molecule has 1 aromatic carbocycles. The predicted octanol–water partition coefficient (Wildman–Crippen LogP) is 2.17. The number of hydrogen-bond donors (Lipinski definition) is 1. The number of likely N-dealkylation sites (N-methyl/N-ethyl adjacent to an activating group) is 1. The average Bonchev–Trinajstić information content (AvgIpc) is 2.52. The van der Waals surface area contributed by atoms with Crippen LogP contribution in [-0.4, -0.2) is 42.6 Å². The van der Waals surface area contributed by atoms with Crippen molar-refractivity contribution in [3.8, 4) is 0 Å². The number of halogens is 1. The molecule has 0 aromatic heterocycles. The predicted molar refractivity (Wildman–Crippen MR) is 79.2 cm³/mol. The molecule has 1 aromatic rings. The normalized spacial score (nSPS) is 18.4. The Bertz CT molecular complexity index is 477. The van der Waals surface area contributed by atoms with E-state index < -0.39 is 6.10 Å². The Morgan fingerprint density at radius 1 is 1.37 bits per heavy atom. The molecule has 5 heteroatoms. The fraction of sp³-hybridized carbons (Fsp3) is 0.500. The lowest BCUT2D eigenvalue weighted by Gasteiger charge is -2.24. The molecule has 0 radical (unpaired) electrons. The standard InChI is InChI=1S/C14H19BrN2O2/c1-10(18)11-4-5-13(12(15)8-11)17-7-3-6-16(2)14(19)9-17/h4-5,8,10,18H,3,6-7,9H2,1-2H3/t10-/m1/s1. The molecule has 1 heterocycles. The summed E-state index contributed by atoms with van der Waals surface area (Å²) in [5.74, 6) is 0.143. The Morgan fingerprint density at radius 3 is 2.74 bits per heavy atom. The molecule has 104 valence electrons. The summed E-state index contributed by atoms with van der Waals surface area (Å²) in [6.07, 6.45) is 0.481. The zero-order chi connectivity index (χ0) is 14.0. The highest BCUT2D eigenvalue weighted by Gasteiger charge is 2.20. The van der Waals surface area contributed by atoms with E-state index in [0.717, 1.165) is 35.2 Å². The molecule has 1 aliphatic rings. The third kappa shape index (κ3) is 3.28. The number of rotatable bonds is 2. The van der Waals surface area contributed by atoms with E-state index in [0.29, 0.717) is 6.54 Å². The van der Waals surface area contributed by atoms with Crippen molar-refractivity contribution in [1.29, 1.82) is 0 Å². The zero-order valence-electron chi connectivity index (χ0n) is 11.3. The number of anilines is 1. The van der Waals surface area contributed by atoms with Crippen LogP contribution in [0.3, 0.4) is 0 Å². The number of nitrogens with zero attached hydrogens (tertiary/aromatic N) is 2. The van der Waals surface area contributed by atoms with Gasteiger partial charge in [-0.15, -0.1) is 0 Å². The summed E-state index contributed by atoms with van der Waals surface area (Å²) in [4.78, 5) is 15.8. The van der Waals surface area contributed by atoms with Gasteiger partial charge >= 0.3 is 0 Å². The van der Waals surface area contributed by atoms with E-state index in [2.05, 4.69) is 20.8 Å². The second-order valence-corrected chi connectivity index (χ2v) is 5.83. The summed E-state index contributed by atoms with van der Waals surface area (Å²) in [7, 11) is 1.84. The van der Waals surface area contributed by atoms with Gasteiger partial charge in [-0.1, -0.05) is 6.07 Å². The lowest BCUT2D eigenvalue weighted by atomic mass is 10.1. The van der Waals surface area contributed by atoms with Gasteiger partial charge in [-0.05, 0) is 47.0 Å². The maximum Gasteiger partial charge on any atom is 0.241 e. The third-order valence-corrected chi connectivity index (χ3v) is 4.10. The summed E-state index contributed by atoms with van der Waals surface area (Å²) >= 11 is 3.53. The fourth-order valence-corrected chi connectivity index (χ4v) is 2.88. The van der Waals surface area contributed by atoms with Crippen molar-refractivity contribution in [2.75, 3.05) is 31.6 Å². The lowest BCUT2D eigenvalue weighted by Crippen LogP contribution is -2.34. The van der Waals surface area contributed by atoms with Gasteiger partial charge in [0.15, 0.2) is 0 Å². The maximum absolute atomic E-state index is 11.9. The second-order valence-electron chi connectivity index (χ2n) is 4.98. The Balaban J connectivity index is 2.24.